The lowest BCUT2D eigenvalue weighted by Crippen LogP contribution is -2.23. The van der Waals surface area contributed by atoms with E-state index >= 15 is 0 Å². The molecule has 3 aromatic heterocycles. The topological polar surface area (TPSA) is 68.4 Å². The predicted octanol–water partition coefficient (Wildman–Crippen LogP) is 2.72. The van der Waals surface area contributed by atoms with Crippen LogP contribution in [0.25, 0.3) is 5.65 Å². The maximum atomic E-state index is 5.95. The molecule has 1 atom stereocenters. The van der Waals surface area contributed by atoms with E-state index in [0.29, 0.717) is 18.4 Å². The average Bonchev–Trinajstić information content (AvgIpc) is 3.27. The van der Waals surface area contributed by atoms with Crippen LogP contribution in [0.2, 0.25) is 0 Å². The lowest BCUT2D eigenvalue weighted by molar-refractivity contribution is 0.248. The monoisotopic (exact) mass is 352 g/mol. The zero-order chi connectivity index (χ0) is 18.1. The number of ether oxygens (including phenoxy) is 1. The fourth-order valence-electron chi connectivity index (χ4n) is 3.11. The first-order valence-corrected chi connectivity index (χ1v) is 9.01. The third kappa shape index (κ3) is 3.47. The van der Waals surface area contributed by atoms with Gasteiger partial charge in [-0.1, -0.05) is 20.8 Å². The minimum absolute atomic E-state index is 0.00152. The van der Waals surface area contributed by atoms with Crippen molar-refractivity contribution in [3.63, 3.8) is 0 Å². The number of rotatable bonds is 4. The van der Waals surface area contributed by atoms with Crippen molar-refractivity contribution in [2.45, 2.75) is 32.6 Å². The minimum Gasteiger partial charge on any atom is -0.476 e. The summed E-state index contributed by atoms with van der Waals surface area (Å²) in [5.41, 5.74) is 1.87. The van der Waals surface area contributed by atoms with Gasteiger partial charge in [0.15, 0.2) is 5.65 Å². The largest absolute Gasteiger partial charge is 0.476 e. The first kappa shape index (κ1) is 16.8. The fraction of sp³-hybridized carbons (Fsp3) is 0.474. The second-order valence-corrected chi connectivity index (χ2v) is 7.81. The molecule has 0 radical (unpaired) electrons. The normalized spacial score (nSPS) is 17.8. The Morgan fingerprint density at radius 1 is 1.19 bits per heavy atom. The van der Waals surface area contributed by atoms with E-state index in [1.165, 1.54) is 0 Å². The first-order valence-electron chi connectivity index (χ1n) is 9.01. The highest BCUT2D eigenvalue weighted by Gasteiger charge is 2.25. The summed E-state index contributed by atoms with van der Waals surface area (Å²) in [6.45, 7) is 8.95. The van der Waals surface area contributed by atoms with Crippen LogP contribution in [0, 0.1) is 5.92 Å². The maximum absolute atomic E-state index is 5.95. The highest BCUT2D eigenvalue weighted by atomic mass is 16.5. The molecule has 26 heavy (non-hydrogen) atoms. The summed E-state index contributed by atoms with van der Waals surface area (Å²) in [7, 11) is 0. The molecule has 0 bridgehead atoms. The smallest absolute Gasteiger partial charge is 0.231 e. The molecule has 1 aliphatic heterocycles. The molecular formula is C19H24N6O. The summed E-state index contributed by atoms with van der Waals surface area (Å²) in [6.07, 6.45) is 6.61. The van der Waals surface area contributed by atoms with E-state index in [1.54, 1.807) is 16.9 Å². The van der Waals surface area contributed by atoms with Crippen LogP contribution in [0.1, 0.15) is 32.9 Å². The van der Waals surface area contributed by atoms with Crippen molar-refractivity contribution in [2.24, 2.45) is 5.92 Å². The summed E-state index contributed by atoms with van der Waals surface area (Å²) in [5, 5.41) is 4.54. The van der Waals surface area contributed by atoms with E-state index in [2.05, 4.69) is 45.7 Å². The van der Waals surface area contributed by atoms with E-state index in [9.17, 15) is 0 Å². The van der Waals surface area contributed by atoms with Gasteiger partial charge < -0.3 is 9.64 Å². The van der Waals surface area contributed by atoms with E-state index in [0.717, 1.165) is 36.8 Å². The molecule has 0 N–H and O–H groups in total. The zero-order valence-electron chi connectivity index (χ0n) is 15.5. The summed E-state index contributed by atoms with van der Waals surface area (Å²) in [4.78, 5) is 15.5. The third-order valence-electron chi connectivity index (χ3n) is 4.65. The van der Waals surface area contributed by atoms with Crippen molar-refractivity contribution in [1.29, 1.82) is 0 Å². The summed E-state index contributed by atoms with van der Waals surface area (Å²) in [6, 6.07) is 5.68. The minimum atomic E-state index is 0.00152. The van der Waals surface area contributed by atoms with Crippen molar-refractivity contribution in [3.8, 4) is 5.88 Å². The Morgan fingerprint density at radius 2 is 2.00 bits per heavy atom. The number of hydrogen-bond acceptors (Lipinski definition) is 6. The first-order chi connectivity index (χ1) is 12.5. The van der Waals surface area contributed by atoms with E-state index < -0.39 is 0 Å². The van der Waals surface area contributed by atoms with Crippen molar-refractivity contribution in [2.75, 3.05) is 24.6 Å². The quantitative estimate of drug-likeness (QED) is 0.719. The maximum Gasteiger partial charge on any atom is 0.231 e. The number of nitrogens with zero attached hydrogens (tertiary/aromatic N) is 6. The van der Waals surface area contributed by atoms with Gasteiger partial charge in [-0.25, -0.2) is 19.5 Å². The zero-order valence-corrected chi connectivity index (χ0v) is 15.5. The second-order valence-electron chi connectivity index (χ2n) is 7.81. The Labute approximate surface area is 153 Å². The predicted molar refractivity (Wildman–Crippen MR) is 99.5 cm³/mol. The third-order valence-corrected chi connectivity index (χ3v) is 4.65. The number of fused-ring (bicyclic) bond motifs is 1. The van der Waals surface area contributed by atoms with Gasteiger partial charge in [-0.15, -0.1) is 5.10 Å². The molecule has 3 aromatic rings. The lowest BCUT2D eigenvalue weighted by atomic mass is 9.93. The molecule has 7 heteroatoms. The molecule has 7 nitrogen and oxygen atoms in total. The van der Waals surface area contributed by atoms with Crippen molar-refractivity contribution in [3.05, 3.63) is 42.5 Å². The molecule has 0 aromatic carbocycles. The summed E-state index contributed by atoms with van der Waals surface area (Å²) < 4.78 is 7.75. The second kappa shape index (κ2) is 6.55. The van der Waals surface area contributed by atoms with Gasteiger partial charge in [0.25, 0.3) is 0 Å². The van der Waals surface area contributed by atoms with Crippen LogP contribution in [0.5, 0.6) is 5.88 Å². The number of hydrogen-bond donors (Lipinski definition) is 0. The molecule has 0 spiro atoms. The Kier molecular flexibility index (Phi) is 4.22. The van der Waals surface area contributed by atoms with Crippen LogP contribution in [0.4, 0.5) is 5.95 Å². The van der Waals surface area contributed by atoms with Crippen LogP contribution in [0.3, 0.4) is 0 Å². The fourth-order valence-corrected chi connectivity index (χ4v) is 3.11. The SMILES string of the molecule is CC(C)(C)c1cn2nc(OCC3CCN(c4ncccn4)C3)ccc2n1. The van der Waals surface area contributed by atoms with Gasteiger partial charge in [-0.2, -0.15) is 0 Å². The van der Waals surface area contributed by atoms with Gasteiger partial charge in [-0.05, 0) is 18.6 Å². The van der Waals surface area contributed by atoms with Gasteiger partial charge in [0.1, 0.15) is 0 Å². The molecule has 0 aliphatic carbocycles. The molecule has 1 aliphatic rings. The van der Waals surface area contributed by atoms with Crippen LogP contribution in [-0.4, -0.2) is 44.3 Å². The van der Waals surface area contributed by atoms with E-state index in [4.69, 9.17) is 4.74 Å². The highest BCUT2D eigenvalue weighted by Crippen LogP contribution is 2.23. The van der Waals surface area contributed by atoms with Gasteiger partial charge in [-0.3, -0.25) is 0 Å². The van der Waals surface area contributed by atoms with Gasteiger partial charge >= 0.3 is 0 Å². The molecule has 1 saturated heterocycles. The molecule has 4 rings (SSSR count). The van der Waals surface area contributed by atoms with E-state index in [-0.39, 0.29) is 5.41 Å². The Hall–Kier alpha value is -2.70. The molecule has 4 heterocycles. The highest BCUT2D eigenvalue weighted by molar-refractivity contribution is 5.41. The van der Waals surface area contributed by atoms with Crippen LogP contribution >= 0.6 is 0 Å². The van der Waals surface area contributed by atoms with Crippen molar-refractivity contribution in [1.82, 2.24) is 24.6 Å². The van der Waals surface area contributed by atoms with Gasteiger partial charge in [0, 0.05) is 42.9 Å². The molecule has 136 valence electrons. The number of anilines is 1. The number of aromatic nitrogens is 5. The summed E-state index contributed by atoms with van der Waals surface area (Å²) in [5.74, 6) is 1.87. The Bertz CT molecular complexity index is 886. The molecule has 1 fully saturated rings. The lowest BCUT2D eigenvalue weighted by Gasteiger charge is -2.16. The standard InChI is InChI=1S/C19H24N6O/c1-19(2,3)15-12-25-16(22-15)5-6-17(23-25)26-13-14-7-10-24(11-14)18-20-8-4-9-21-18/h4-6,8-9,12,14H,7,10-11,13H2,1-3H3. The van der Waals surface area contributed by atoms with Gasteiger partial charge in [0.05, 0.1) is 18.5 Å². The van der Waals surface area contributed by atoms with Crippen molar-refractivity contribution >= 4 is 11.6 Å². The molecule has 0 saturated carbocycles. The molecular weight excluding hydrogens is 328 g/mol. The van der Waals surface area contributed by atoms with E-state index in [1.807, 2.05) is 24.4 Å². The van der Waals surface area contributed by atoms with Crippen molar-refractivity contribution < 1.29 is 4.74 Å². The van der Waals surface area contributed by atoms with Crippen LogP contribution < -0.4 is 9.64 Å². The average molecular weight is 352 g/mol. The summed E-state index contributed by atoms with van der Waals surface area (Å²) >= 11 is 0. The Morgan fingerprint density at radius 3 is 2.77 bits per heavy atom. The Balaban J connectivity index is 1.39. The van der Waals surface area contributed by atoms with Crippen LogP contribution in [0.15, 0.2) is 36.8 Å². The number of imidazole rings is 1. The van der Waals surface area contributed by atoms with Gasteiger partial charge in [0.2, 0.25) is 11.8 Å². The molecule has 1 unspecified atom stereocenters. The van der Waals surface area contributed by atoms with Crippen LogP contribution in [-0.2, 0) is 5.41 Å². The molecule has 0 amide bonds.